The van der Waals surface area contributed by atoms with Crippen LogP contribution >= 0.6 is 0 Å². The van der Waals surface area contributed by atoms with E-state index in [1.54, 1.807) is 0 Å². The molecular weight excluding hydrogens is 320 g/mol. The molecular formula is C16H17F2N3O3. The second-order valence-corrected chi connectivity index (χ2v) is 5.60. The minimum Gasteiger partial charge on any atom is -0.378 e. The number of halogens is 2. The molecule has 128 valence electrons. The molecule has 0 bridgehead atoms. The Kier molecular flexibility index (Phi) is 4.48. The van der Waals surface area contributed by atoms with Gasteiger partial charge < -0.3 is 9.64 Å². The van der Waals surface area contributed by atoms with Crippen LogP contribution in [0.3, 0.4) is 0 Å². The van der Waals surface area contributed by atoms with Crippen molar-refractivity contribution in [3.63, 3.8) is 0 Å². The zero-order valence-corrected chi connectivity index (χ0v) is 13.2. The Morgan fingerprint density at radius 3 is 2.50 bits per heavy atom. The summed E-state index contributed by atoms with van der Waals surface area (Å²) in [6.07, 6.45) is 0. The van der Waals surface area contributed by atoms with Gasteiger partial charge in [0.25, 0.3) is 5.56 Å². The molecule has 2 aromatic rings. The molecule has 1 aliphatic rings. The Morgan fingerprint density at radius 2 is 1.83 bits per heavy atom. The molecule has 1 aromatic heterocycles. The van der Waals surface area contributed by atoms with E-state index in [0.717, 1.165) is 16.7 Å². The van der Waals surface area contributed by atoms with Gasteiger partial charge in [-0.1, -0.05) is 6.07 Å². The van der Waals surface area contributed by atoms with Crippen molar-refractivity contribution in [2.45, 2.75) is 6.54 Å². The summed E-state index contributed by atoms with van der Waals surface area (Å²) >= 11 is 0. The fourth-order valence-electron chi connectivity index (χ4n) is 2.68. The monoisotopic (exact) mass is 337 g/mol. The first-order valence-corrected chi connectivity index (χ1v) is 7.55. The lowest BCUT2D eigenvalue weighted by Gasteiger charge is -2.30. The van der Waals surface area contributed by atoms with E-state index in [1.807, 2.05) is 4.90 Å². The van der Waals surface area contributed by atoms with E-state index in [4.69, 9.17) is 4.74 Å². The molecule has 0 radical (unpaired) electrons. The number of ether oxygens (including phenoxy) is 1. The van der Waals surface area contributed by atoms with Crippen molar-refractivity contribution < 1.29 is 13.5 Å². The lowest BCUT2D eigenvalue weighted by molar-refractivity contribution is 0.122. The number of morpholine rings is 1. The number of benzene rings is 1. The van der Waals surface area contributed by atoms with Crippen LogP contribution in [0.4, 0.5) is 14.6 Å². The lowest BCUT2D eigenvalue weighted by atomic mass is 10.2. The molecule has 2 heterocycles. The van der Waals surface area contributed by atoms with Crippen molar-refractivity contribution in [2.75, 3.05) is 31.2 Å². The first-order chi connectivity index (χ1) is 11.5. The molecule has 0 unspecified atom stereocenters. The predicted molar refractivity (Wildman–Crippen MR) is 84.4 cm³/mol. The first kappa shape index (κ1) is 16.4. The maximum Gasteiger partial charge on any atom is 0.332 e. The normalized spacial score (nSPS) is 14.9. The Hall–Kier alpha value is -2.48. The van der Waals surface area contributed by atoms with E-state index in [9.17, 15) is 18.4 Å². The maximum atomic E-state index is 14.0. The van der Waals surface area contributed by atoms with Gasteiger partial charge in [-0.25, -0.2) is 13.6 Å². The van der Waals surface area contributed by atoms with Crippen molar-refractivity contribution >= 4 is 5.82 Å². The van der Waals surface area contributed by atoms with Crippen LogP contribution in [0, 0.1) is 11.6 Å². The number of nitrogens with zero attached hydrogens (tertiary/aromatic N) is 3. The molecule has 0 saturated carbocycles. The smallest absolute Gasteiger partial charge is 0.332 e. The fraction of sp³-hybridized carbons (Fsp3) is 0.375. The van der Waals surface area contributed by atoms with Gasteiger partial charge in [-0.15, -0.1) is 0 Å². The number of aromatic nitrogens is 2. The molecule has 1 aromatic carbocycles. The fourth-order valence-corrected chi connectivity index (χ4v) is 2.68. The molecule has 1 saturated heterocycles. The van der Waals surface area contributed by atoms with E-state index < -0.39 is 22.9 Å². The Morgan fingerprint density at radius 1 is 1.12 bits per heavy atom. The SMILES string of the molecule is Cn1c(=O)cc(N2CCOCC2)n(Cc2ccc(F)cc2F)c1=O. The summed E-state index contributed by atoms with van der Waals surface area (Å²) in [4.78, 5) is 26.3. The maximum absolute atomic E-state index is 14.0. The largest absolute Gasteiger partial charge is 0.378 e. The minimum absolute atomic E-state index is 0.0915. The quantitative estimate of drug-likeness (QED) is 0.828. The first-order valence-electron chi connectivity index (χ1n) is 7.55. The van der Waals surface area contributed by atoms with E-state index in [2.05, 4.69) is 0 Å². The van der Waals surface area contributed by atoms with Crippen molar-refractivity contribution in [2.24, 2.45) is 7.05 Å². The average molecular weight is 337 g/mol. The molecule has 24 heavy (non-hydrogen) atoms. The van der Waals surface area contributed by atoms with Crippen molar-refractivity contribution in [3.05, 3.63) is 62.3 Å². The molecule has 1 fully saturated rings. The summed E-state index contributed by atoms with van der Waals surface area (Å²) in [5.74, 6) is -1.00. The van der Waals surface area contributed by atoms with Gasteiger partial charge in [0.1, 0.15) is 17.5 Å². The van der Waals surface area contributed by atoms with Crippen LogP contribution in [0.25, 0.3) is 0 Å². The van der Waals surface area contributed by atoms with Crippen LogP contribution < -0.4 is 16.1 Å². The van der Waals surface area contributed by atoms with Crippen LogP contribution in [0.1, 0.15) is 5.56 Å². The molecule has 0 spiro atoms. The molecule has 0 N–H and O–H groups in total. The molecule has 0 atom stereocenters. The highest BCUT2D eigenvalue weighted by Crippen LogP contribution is 2.16. The van der Waals surface area contributed by atoms with E-state index >= 15 is 0 Å². The molecule has 8 heteroatoms. The number of hydrogen-bond donors (Lipinski definition) is 0. The van der Waals surface area contributed by atoms with Crippen LogP contribution in [0.2, 0.25) is 0 Å². The van der Waals surface area contributed by atoms with Crippen LogP contribution in [0.15, 0.2) is 33.9 Å². The van der Waals surface area contributed by atoms with Crippen molar-refractivity contribution in [1.82, 2.24) is 9.13 Å². The lowest BCUT2D eigenvalue weighted by Crippen LogP contribution is -2.45. The van der Waals surface area contributed by atoms with Crippen LogP contribution in [-0.2, 0) is 18.3 Å². The Bertz CT molecular complexity index is 870. The van der Waals surface area contributed by atoms with Gasteiger partial charge in [0, 0.05) is 37.8 Å². The highest BCUT2D eigenvalue weighted by atomic mass is 19.1. The van der Waals surface area contributed by atoms with Gasteiger partial charge in [0.05, 0.1) is 19.8 Å². The van der Waals surface area contributed by atoms with E-state index in [-0.39, 0.29) is 12.1 Å². The standard InChI is InChI=1S/C16H17F2N3O3/c1-19-15(22)9-14(20-4-6-24-7-5-20)21(16(19)23)10-11-2-3-12(17)8-13(11)18/h2-3,8-9H,4-7,10H2,1H3. The minimum atomic E-state index is -0.733. The van der Waals surface area contributed by atoms with E-state index in [0.29, 0.717) is 32.1 Å². The second kappa shape index (κ2) is 6.56. The predicted octanol–water partition coefficient (Wildman–Crippen LogP) is 0.710. The summed E-state index contributed by atoms with van der Waals surface area (Å²) in [5, 5.41) is 0. The Balaban J connectivity index is 2.09. The highest BCUT2D eigenvalue weighted by molar-refractivity contribution is 5.40. The number of anilines is 1. The number of hydrogen-bond acceptors (Lipinski definition) is 4. The third-order valence-electron chi connectivity index (χ3n) is 4.06. The highest BCUT2D eigenvalue weighted by Gasteiger charge is 2.19. The van der Waals surface area contributed by atoms with Gasteiger partial charge >= 0.3 is 5.69 Å². The van der Waals surface area contributed by atoms with Gasteiger partial charge in [0.15, 0.2) is 0 Å². The molecule has 0 amide bonds. The van der Waals surface area contributed by atoms with Gasteiger partial charge in [-0.3, -0.25) is 13.9 Å². The third kappa shape index (κ3) is 3.09. The van der Waals surface area contributed by atoms with Crippen LogP contribution in [-0.4, -0.2) is 35.4 Å². The molecule has 6 nitrogen and oxygen atoms in total. The summed E-state index contributed by atoms with van der Waals surface area (Å²) in [6, 6.07) is 4.57. The zero-order chi connectivity index (χ0) is 17.3. The topological polar surface area (TPSA) is 56.5 Å². The van der Waals surface area contributed by atoms with Gasteiger partial charge in [-0.2, -0.15) is 0 Å². The van der Waals surface area contributed by atoms with E-state index in [1.165, 1.54) is 23.7 Å². The van der Waals surface area contributed by atoms with Gasteiger partial charge in [-0.05, 0) is 6.07 Å². The Labute approximate surface area is 136 Å². The van der Waals surface area contributed by atoms with Gasteiger partial charge in [0.2, 0.25) is 0 Å². The second-order valence-electron chi connectivity index (χ2n) is 5.60. The summed E-state index contributed by atoms with van der Waals surface area (Å²) in [6.45, 7) is 1.92. The van der Waals surface area contributed by atoms with Crippen LogP contribution in [0.5, 0.6) is 0 Å². The zero-order valence-electron chi connectivity index (χ0n) is 13.2. The average Bonchev–Trinajstić information content (AvgIpc) is 2.58. The van der Waals surface area contributed by atoms with Crippen molar-refractivity contribution in [3.8, 4) is 0 Å². The summed E-state index contributed by atoms with van der Waals surface area (Å²) in [5.41, 5.74) is -0.809. The molecule has 3 rings (SSSR count). The third-order valence-corrected chi connectivity index (χ3v) is 4.06. The van der Waals surface area contributed by atoms with Crippen molar-refractivity contribution in [1.29, 1.82) is 0 Å². The summed E-state index contributed by atoms with van der Waals surface area (Å²) < 4.78 is 34.6. The number of rotatable bonds is 3. The summed E-state index contributed by atoms with van der Waals surface area (Å²) in [7, 11) is 1.37. The molecule has 0 aliphatic carbocycles. The molecule has 1 aliphatic heterocycles.